The van der Waals surface area contributed by atoms with Crippen molar-refractivity contribution in [2.24, 2.45) is 0 Å². The third kappa shape index (κ3) is 3.21. The topological polar surface area (TPSA) is 22.1 Å². The lowest BCUT2D eigenvalue weighted by Crippen LogP contribution is -1.97. The summed E-state index contributed by atoms with van der Waals surface area (Å²) in [5, 5.41) is 0.497. The van der Waals surface area contributed by atoms with Gasteiger partial charge in [0.05, 0.1) is 0 Å². The van der Waals surface area contributed by atoms with E-state index in [-0.39, 0.29) is 0 Å². The van der Waals surface area contributed by atoms with Crippen molar-refractivity contribution in [3.8, 4) is 5.75 Å². The SMILES string of the molecule is Cc1cc(C)cc(OCc2cccnc2Cl)c1. The molecule has 0 N–H and O–H groups in total. The third-order valence-corrected chi connectivity index (χ3v) is 2.77. The molecule has 1 aromatic heterocycles. The zero-order valence-electron chi connectivity index (χ0n) is 9.90. The fourth-order valence-electron chi connectivity index (χ4n) is 1.70. The molecule has 2 nitrogen and oxygen atoms in total. The van der Waals surface area contributed by atoms with Gasteiger partial charge in [-0.3, -0.25) is 0 Å². The van der Waals surface area contributed by atoms with E-state index < -0.39 is 0 Å². The van der Waals surface area contributed by atoms with Gasteiger partial charge in [0.15, 0.2) is 0 Å². The number of aromatic nitrogens is 1. The lowest BCUT2D eigenvalue weighted by molar-refractivity contribution is 0.305. The smallest absolute Gasteiger partial charge is 0.135 e. The molecule has 0 unspecified atom stereocenters. The number of rotatable bonds is 3. The van der Waals surface area contributed by atoms with Crippen molar-refractivity contribution in [3.63, 3.8) is 0 Å². The van der Waals surface area contributed by atoms with Gasteiger partial charge in [0, 0.05) is 11.8 Å². The Morgan fingerprint density at radius 2 is 1.88 bits per heavy atom. The molecule has 3 heteroatoms. The first-order valence-electron chi connectivity index (χ1n) is 5.45. The molecule has 1 heterocycles. The van der Waals surface area contributed by atoms with Crippen LogP contribution in [0, 0.1) is 13.8 Å². The van der Waals surface area contributed by atoms with Gasteiger partial charge in [-0.2, -0.15) is 0 Å². The predicted octanol–water partition coefficient (Wildman–Crippen LogP) is 3.93. The fraction of sp³-hybridized carbons (Fsp3) is 0.214. The number of aryl methyl sites for hydroxylation is 2. The van der Waals surface area contributed by atoms with E-state index in [2.05, 4.69) is 24.9 Å². The Bertz CT molecular complexity index is 505. The lowest BCUT2D eigenvalue weighted by Gasteiger charge is -2.08. The van der Waals surface area contributed by atoms with Crippen LogP contribution in [-0.2, 0) is 6.61 Å². The summed E-state index contributed by atoms with van der Waals surface area (Å²) < 4.78 is 5.71. The van der Waals surface area contributed by atoms with Gasteiger partial charge in [0.25, 0.3) is 0 Å². The van der Waals surface area contributed by atoms with Crippen LogP contribution in [0.3, 0.4) is 0 Å². The normalized spacial score (nSPS) is 10.3. The predicted molar refractivity (Wildman–Crippen MR) is 69.5 cm³/mol. The van der Waals surface area contributed by atoms with Crippen LogP contribution in [-0.4, -0.2) is 4.98 Å². The average molecular weight is 248 g/mol. The van der Waals surface area contributed by atoms with Crippen molar-refractivity contribution in [3.05, 3.63) is 58.4 Å². The van der Waals surface area contributed by atoms with Crippen molar-refractivity contribution in [1.82, 2.24) is 4.98 Å². The minimum Gasteiger partial charge on any atom is -0.489 e. The highest BCUT2D eigenvalue weighted by Gasteiger charge is 2.02. The monoisotopic (exact) mass is 247 g/mol. The molecule has 0 aliphatic carbocycles. The van der Waals surface area contributed by atoms with Crippen LogP contribution in [0.5, 0.6) is 5.75 Å². The molecule has 0 bridgehead atoms. The first-order chi connectivity index (χ1) is 8.15. The highest BCUT2D eigenvalue weighted by Crippen LogP contribution is 2.19. The van der Waals surface area contributed by atoms with Crippen LogP contribution in [0.1, 0.15) is 16.7 Å². The maximum atomic E-state index is 5.96. The maximum Gasteiger partial charge on any atom is 0.135 e. The van der Waals surface area contributed by atoms with Crippen molar-refractivity contribution < 1.29 is 4.74 Å². The van der Waals surface area contributed by atoms with Crippen LogP contribution in [0.2, 0.25) is 5.15 Å². The lowest BCUT2D eigenvalue weighted by atomic mass is 10.1. The van der Waals surface area contributed by atoms with Crippen molar-refractivity contribution in [2.45, 2.75) is 20.5 Å². The summed E-state index contributed by atoms with van der Waals surface area (Å²) in [5.41, 5.74) is 3.28. The summed E-state index contributed by atoms with van der Waals surface area (Å²) >= 11 is 5.96. The van der Waals surface area contributed by atoms with Gasteiger partial charge in [-0.05, 0) is 43.2 Å². The zero-order chi connectivity index (χ0) is 12.3. The average Bonchev–Trinajstić information content (AvgIpc) is 2.27. The third-order valence-electron chi connectivity index (χ3n) is 2.43. The molecule has 0 aliphatic rings. The largest absolute Gasteiger partial charge is 0.489 e. The van der Waals surface area contributed by atoms with Gasteiger partial charge in [-0.1, -0.05) is 23.7 Å². The molecule has 17 heavy (non-hydrogen) atoms. The summed E-state index contributed by atoms with van der Waals surface area (Å²) in [6.07, 6.45) is 1.67. The highest BCUT2D eigenvalue weighted by molar-refractivity contribution is 6.30. The molecular weight excluding hydrogens is 234 g/mol. The molecule has 0 saturated carbocycles. The first-order valence-corrected chi connectivity index (χ1v) is 5.83. The molecule has 0 saturated heterocycles. The van der Waals surface area contributed by atoms with E-state index in [0.29, 0.717) is 11.8 Å². The first kappa shape index (κ1) is 11.9. The second-order valence-corrected chi connectivity index (χ2v) is 4.42. The van der Waals surface area contributed by atoms with E-state index in [1.54, 1.807) is 6.20 Å². The number of hydrogen-bond donors (Lipinski definition) is 0. The fourth-order valence-corrected chi connectivity index (χ4v) is 1.88. The van der Waals surface area contributed by atoms with Gasteiger partial charge in [0.1, 0.15) is 17.5 Å². The number of halogens is 1. The standard InChI is InChI=1S/C14H14ClNO/c1-10-6-11(2)8-13(7-10)17-9-12-4-3-5-16-14(12)15/h3-8H,9H2,1-2H3. The molecule has 1 aromatic carbocycles. The molecule has 0 aliphatic heterocycles. The van der Waals surface area contributed by atoms with Crippen molar-refractivity contribution >= 4 is 11.6 Å². The molecule has 2 rings (SSSR count). The molecule has 0 radical (unpaired) electrons. The Hall–Kier alpha value is -1.54. The quantitative estimate of drug-likeness (QED) is 0.767. The van der Waals surface area contributed by atoms with Crippen LogP contribution < -0.4 is 4.74 Å². The van der Waals surface area contributed by atoms with E-state index in [0.717, 1.165) is 11.3 Å². The minimum atomic E-state index is 0.440. The number of pyridine rings is 1. The van der Waals surface area contributed by atoms with Gasteiger partial charge in [0.2, 0.25) is 0 Å². The summed E-state index contributed by atoms with van der Waals surface area (Å²) in [6, 6.07) is 9.91. The number of hydrogen-bond acceptors (Lipinski definition) is 2. The van der Waals surface area contributed by atoms with E-state index >= 15 is 0 Å². The van der Waals surface area contributed by atoms with Crippen LogP contribution >= 0.6 is 11.6 Å². The molecule has 0 spiro atoms. The van der Waals surface area contributed by atoms with Crippen LogP contribution in [0.15, 0.2) is 36.5 Å². The molecule has 2 aromatic rings. The number of nitrogens with zero attached hydrogens (tertiary/aromatic N) is 1. The van der Waals surface area contributed by atoms with Crippen LogP contribution in [0.4, 0.5) is 0 Å². The molecule has 0 fully saturated rings. The van der Waals surface area contributed by atoms with E-state index in [4.69, 9.17) is 16.3 Å². The van der Waals surface area contributed by atoms with E-state index in [9.17, 15) is 0 Å². The zero-order valence-corrected chi connectivity index (χ0v) is 10.7. The molecule has 88 valence electrons. The number of ether oxygens (including phenoxy) is 1. The Balaban J connectivity index is 2.10. The Kier molecular flexibility index (Phi) is 3.64. The van der Waals surface area contributed by atoms with E-state index in [1.807, 2.05) is 24.3 Å². The molecule has 0 atom stereocenters. The summed E-state index contributed by atoms with van der Waals surface area (Å²) in [5.74, 6) is 0.863. The van der Waals surface area contributed by atoms with Gasteiger partial charge in [-0.15, -0.1) is 0 Å². The van der Waals surface area contributed by atoms with Gasteiger partial charge >= 0.3 is 0 Å². The van der Waals surface area contributed by atoms with Crippen molar-refractivity contribution in [2.75, 3.05) is 0 Å². The second kappa shape index (κ2) is 5.19. The summed E-state index contributed by atoms with van der Waals surface area (Å²) in [4.78, 5) is 4.01. The second-order valence-electron chi connectivity index (χ2n) is 4.07. The Morgan fingerprint density at radius 1 is 1.18 bits per heavy atom. The Labute approximate surface area is 106 Å². The van der Waals surface area contributed by atoms with Gasteiger partial charge < -0.3 is 4.74 Å². The Morgan fingerprint density at radius 3 is 2.53 bits per heavy atom. The van der Waals surface area contributed by atoms with Crippen LogP contribution in [0.25, 0.3) is 0 Å². The minimum absolute atomic E-state index is 0.440. The maximum absolute atomic E-state index is 5.96. The highest BCUT2D eigenvalue weighted by atomic mass is 35.5. The van der Waals surface area contributed by atoms with Crippen molar-refractivity contribution in [1.29, 1.82) is 0 Å². The summed E-state index contributed by atoms with van der Waals surface area (Å²) in [6.45, 7) is 4.55. The molecular formula is C14H14ClNO. The number of benzene rings is 1. The summed E-state index contributed by atoms with van der Waals surface area (Å²) in [7, 11) is 0. The van der Waals surface area contributed by atoms with Gasteiger partial charge in [-0.25, -0.2) is 4.98 Å². The van der Waals surface area contributed by atoms with E-state index in [1.165, 1.54) is 11.1 Å². The molecule has 0 amide bonds.